The van der Waals surface area contributed by atoms with E-state index in [0.29, 0.717) is 5.56 Å². The van der Waals surface area contributed by atoms with E-state index < -0.39 is 4.92 Å². The molecule has 1 aromatic carbocycles. The third kappa shape index (κ3) is 4.70. The minimum Gasteiger partial charge on any atom is -0.348 e. The molecule has 0 radical (unpaired) electrons. The Balaban J connectivity index is 2.50. The fraction of sp³-hybridized carbons (Fsp3) is 0.333. The molecular weight excluding hydrogens is 268 g/mol. The first-order valence-electron chi connectivity index (χ1n) is 5.47. The lowest BCUT2D eigenvalue weighted by atomic mass is 10.1. The van der Waals surface area contributed by atoms with Crippen molar-refractivity contribution in [3.8, 4) is 0 Å². The van der Waals surface area contributed by atoms with Crippen molar-refractivity contribution in [2.24, 2.45) is 0 Å². The molecular formula is C12H14N2O4S. The van der Waals surface area contributed by atoms with Crippen LogP contribution in [0.2, 0.25) is 0 Å². The maximum absolute atomic E-state index is 11.8. The van der Waals surface area contributed by atoms with Gasteiger partial charge in [-0.15, -0.1) is 11.8 Å². The second-order valence-corrected chi connectivity index (χ2v) is 4.99. The van der Waals surface area contributed by atoms with Crippen LogP contribution in [0, 0.1) is 10.1 Å². The van der Waals surface area contributed by atoms with Gasteiger partial charge in [0, 0.05) is 31.8 Å². The van der Waals surface area contributed by atoms with Gasteiger partial charge in [0.1, 0.15) is 0 Å². The van der Waals surface area contributed by atoms with Crippen molar-refractivity contribution in [3.63, 3.8) is 0 Å². The zero-order valence-electron chi connectivity index (χ0n) is 10.7. The molecule has 0 atom stereocenters. The summed E-state index contributed by atoms with van der Waals surface area (Å²) < 4.78 is 0. The SMILES string of the molecule is CN(C)C(=O)CSCC(=O)c1ccc([N+](=O)[O-])cc1. The number of nitro groups is 1. The molecule has 0 aromatic heterocycles. The Bertz CT molecular complexity index is 485. The number of ketones is 1. The van der Waals surface area contributed by atoms with E-state index in [1.165, 1.54) is 40.9 Å². The zero-order valence-corrected chi connectivity index (χ0v) is 11.5. The van der Waals surface area contributed by atoms with Crippen LogP contribution in [0.4, 0.5) is 5.69 Å². The third-order valence-electron chi connectivity index (χ3n) is 2.36. The highest BCUT2D eigenvalue weighted by Gasteiger charge is 2.11. The van der Waals surface area contributed by atoms with Gasteiger partial charge < -0.3 is 4.90 Å². The predicted octanol–water partition coefficient (Wildman–Crippen LogP) is 1.60. The topological polar surface area (TPSA) is 80.5 Å². The molecule has 102 valence electrons. The third-order valence-corrected chi connectivity index (χ3v) is 3.27. The number of rotatable bonds is 6. The molecule has 0 aliphatic carbocycles. The monoisotopic (exact) mass is 282 g/mol. The Morgan fingerprint density at radius 3 is 2.26 bits per heavy atom. The van der Waals surface area contributed by atoms with Gasteiger partial charge in [0.05, 0.1) is 16.4 Å². The zero-order chi connectivity index (χ0) is 14.4. The predicted molar refractivity (Wildman–Crippen MR) is 73.4 cm³/mol. The summed E-state index contributed by atoms with van der Waals surface area (Å²) in [6.45, 7) is 0. The first-order valence-corrected chi connectivity index (χ1v) is 6.63. The van der Waals surface area contributed by atoms with Gasteiger partial charge in [0.15, 0.2) is 5.78 Å². The van der Waals surface area contributed by atoms with Crippen LogP contribution in [-0.4, -0.2) is 47.1 Å². The number of thioether (sulfide) groups is 1. The van der Waals surface area contributed by atoms with E-state index in [1.54, 1.807) is 14.1 Å². The van der Waals surface area contributed by atoms with Crippen LogP contribution in [-0.2, 0) is 4.79 Å². The largest absolute Gasteiger partial charge is 0.348 e. The highest BCUT2D eigenvalue weighted by molar-refractivity contribution is 8.00. The summed E-state index contributed by atoms with van der Waals surface area (Å²) in [6.07, 6.45) is 0. The Morgan fingerprint density at radius 2 is 1.79 bits per heavy atom. The van der Waals surface area contributed by atoms with E-state index in [2.05, 4.69) is 0 Å². The van der Waals surface area contributed by atoms with Crippen LogP contribution in [0.15, 0.2) is 24.3 Å². The summed E-state index contributed by atoms with van der Waals surface area (Å²) in [5, 5.41) is 10.5. The van der Waals surface area contributed by atoms with Crippen molar-refractivity contribution in [2.45, 2.75) is 0 Å². The minimum absolute atomic E-state index is 0.0491. The number of hydrogen-bond acceptors (Lipinski definition) is 5. The lowest BCUT2D eigenvalue weighted by Crippen LogP contribution is -2.24. The van der Waals surface area contributed by atoms with E-state index in [-0.39, 0.29) is 28.9 Å². The van der Waals surface area contributed by atoms with Gasteiger partial charge in [0.2, 0.25) is 5.91 Å². The van der Waals surface area contributed by atoms with E-state index >= 15 is 0 Å². The normalized spacial score (nSPS) is 10.0. The van der Waals surface area contributed by atoms with Crippen molar-refractivity contribution in [1.29, 1.82) is 0 Å². The minimum atomic E-state index is -0.515. The van der Waals surface area contributed by atoms with Crippen LogP contribution >= 0.6 is 11.8 Å². The van der Waals surface area contributed by atoms with Crippen molar-refractivity contribution in [3.05, 3.63) is 39.9 Å². The van der Waals surface area contributed by atoms with Gasteiger partial charge in [-0.2, -0.15) is 0 Å². The molecule has 0 spiro atoms. The molecule has 6 nitrogen and oxygen atoms in total. The fourth-order valence-electron chi connectivity index (χ4n) is 1.21. The molecule has 1 aromatic rings. The number of Topliss-reactive ketones (excluding diaryl/α,β-unsaturated/α-hetero) is 1. The lowest BCUT2D eigenvalue weighted by Gasteiger charge is -2.09. The van der Waals surface area contributed by atoms with Crippen molar-refractivity contribution >= 4 is 29.1 Å². The summed E-state index contributed by atoms with van der Waals surface area (Å²) in [4.78, 5) is 34.5. The summed E-state index contributed by atoms with van der Waals surface area (Å²) in [7, 11) is 3.31. The number of non-ortho nitro benzene ring substituents is 1. The van der Waals surface area contributed by atoms with Crippen LogP contribution in [0.25, 0.3) is 0 Å². The average molecular weight is 282 g/mol. The lowest BCUT2D eigenvalue weighted by molar-refractivity contribution is -0.384. The molecule has 0 fully saturated rings. The van der Waals surface area contributed by atoms with Crippen molar-refractivity contribution in [2.75, 3.05) is 25.6 Å². The molecule has 0 saturated heterocycles. The highest BCUT2D eigenvalue weighted by Crippen LogP contribution is 2.14. The van der Waals surface area contributed by atoms with Crippen LogP contribution in [0.3, 0.4) is 0 Å². The number of hydrogen-bond donors (Lipinski definition) is 0. The van der Waals surface area contributed by atoms with Gasteiger partial charge in [-0.3, -0.25) is 19.7 Å². The van der Waals surface area contributed by atoms with Crippen molar-refractivity contribution < 1.29 is 14.5 Å². The molecule has 0 heterocycles. The maximum Gasteiger partial charge on any atom is 0.269 e. The summed E-state index contributed by atoms with van der Waals surface area (Å²) in [5.41, 5.74) is 0.363. The second kappa shape index (κ2) is 6.89. The molecule has 0 N–H and O–H groups in total. The standard InChI is InChI=1S/C12H14N2O4S/c1-13(2)12(16)8-19-7-11(15)9-3-5-10(6-4-9)14(17)18/h3-6H,7-8H2,1-2H3. The van der Waals surface area contributed by atoms with Gasteiger partial charge in [-0.05, 0) is 12.1 Å². The van der Waals surface area contributed by atoms with Gasteiger partial charge in [0.25, 0.3) is 5.69 Å². The van der Waals surface area contributed by atoms with Crippen LogP contribution < -0.4 is 0 Å². The maximum atomic E-state index is 11.8. The first kappa shape index (κ1) is 15.2. The molecule has 19 heavy (non-hydrogen) atoms. The van der Waals surface area contributed by atoms with Gasteiger partial charge >= 0.3 is 0 Å². The first-order chi connectivity index (χ1) is 8.91. The van der Waals surface area contributed by atoms with Gasteiger partial charge in [-0.1, -0.05) is 0 Å². The highest BCUT2D eigenvalue weighted by atomic mass is 32.2. The Labute approximate surface area is 114 Å². The molecule has 0 aliphatic heterocycles. The van der Waals surface area contributed by atoms with E-state index in [1.807, 2.05) is 0 Å². The van der Waals surface area contributed by atoms with E-state index in [0.717, 1.165) is 0 Å². The number of benzene rings is 1. The van der Waals surface area contributed by atoms with Crippen LogP contribution in [0.5, 0.6) is 0 Å². The average Bonchev–Trinajstić information content (AvgIpc) is 2.38. The van der Waals surface area contributed by atoms with Gasteiger partial charge in [-0.25, -0.2) is 0 Å². The second-order valence-electron chi connectivity index (χ2n) is 4.01. The molecule has 7 heteroatoms. The quantitative estimate of drug-likeness (QED) is 0.450. The molecule has 1 amide bonds. The summed E-state index contributed by atoms with van der Waals surface area (Å²) in [5.74, 6) is 0.219. The Kier molecular flexibility index (Phi) is 5.50. The number of nitrogens with zero attached hydrogens (tertiary/aromatic N) is 2. The van der Waals surface area contributed by atoms with E-state index in [9.17, 15) is 19.7 Å². The Morgan fingerprint density at radius 1 is 1.21 bits per heavy atom. The summed E-state index contributed by atoms with van der Waals surface area (Å²) in [6, 6.07) is 5.44. The fourth-order valence-corrected chi connectivity index (χ4v) is 2.10. The molecule has 0 bridgehead atoms. The molecule has 0 unspecified atom stereocenters. The smallest absolute Gasteiger partial charge is 0.269 e. The molecule has 0 aliphatic rings. The van der Waals surface area contributed by atoms with E-state index in [4.69, 9.17) is 0 Å². The summed E-state index contributed by atoms with van der Waals surface area (Å²) >= 11 is 1.23. The molecule has 1 rings (SSSR count). The van der Waals surface area contributed by atoms with Crippen LogP contribution in [0.1, 0.15) is 10.4 Å². The number of nitro benzene ring substituents is 1. The molecule has 0 saturated carbocycles. The number of carbonyl (C=O) groups excluding carboxylic acids is 2. The Hall–Kier alpha value is -1.89. The van der Waals surface area contributed by atoms with Crippen molar-refractivity contribution in [1.82, 2.24) is 4.90 Å². The number of carbonyl (C=O) groups is 2. The number of amides is 1.